The topological polar surface area (TPSA) is 72.3 Å². The Morgan fingerprint density at radius 3 is 2.59 bits per heavy atom. The van der Waals surface area contributed by atoms with E-state index in [-0.39, 0.29) is 11.6 Å². The van der Waals surface area contributed by atoms with Gasteiger partial charge in [0.25, 0.3) is 5.91 Å². The third-order valence-corrected chi connectivity index (χ3v) is 4.99. The van der Waals surface area contributed by atoms with E-state index in [9.17, 15) is 4.79 Å². The molecule has 3 aromatic rings. The molecule has 7 nitrogen and oxygen atoms in total. The Bertz CT molecular complexity index is 961. The molecule has 0 aliphatic carbocycles. The van der Waals surface area contributed by atoms with Gasteiger partial charge in [-0.15, -0.1) is 5.10 Å². The van der Waals surface area contributed by atoms with E-state index in [1.807, 2.05) is 49.4 Å². The van der Waals surface area contributed by atoms with Crippen molar-refractivity contribution in [2.24, 2.45) is 0 Å². The van der Waals surface area contributed by atoms with Gasteiger partial charge in [0.15, 0.2) is 5.69 Å². The number of rotatable bonds is 6. The predicted molar refractivity (Wildman–Crippen MR) is 113 cm³/mol. The molecular formula is C22H25N5O2. The number of hydrogen-bond donors (Lipinski definition) is 1. The minimum Gasteiger partial charge on any atom is -0.494 e. The van der Waals surface area contributed by atoms with Crippen molar-refractivity contribution in [2.75, 3.05) is 29.9 Å². The fourth-order valence-corrected chi connectivity index (χ4v) is 3.53. The quantitative estimate of drug-likeness (QED) is 0.690. The number of anilines is 2. The molecule has 1 saturated heterocycles. The molecule has 1 aliphatic rings. The number of nitrogens with zero attached hydrogens (tertiary/aromatic N) is 4. The number of carbonyl (C=O) groups excluding carboxylic acids is 1. The molecule has 0 unspecified atom stereocenters. The van der Waals surface area contributed by atoms with Gasteiger partial charge in [-0.05, 0) is 62.6 Å². The molecule has 1 amide bonds. The second-order valence-corrected chi connectivity index (χ2v) is 6.99. The average Bonchev–Trinajstić information content (AvgIpc) is 3.26. The average molecular weight is 391 g/mol. The van der Waals surface area contributed by atoms with Gasteiger partial charge in [-0.2, -0.15) is 0 Å². The summed E-state index contributed by atoms with van der Waals surface area (Å²) in [6.45, 7) is 4.59. The van der Waals surface area contributed by atoms with Crippen molar-refractivity contribution in [1.29, 1.82) is 0 Å². The second-order valence-electron chi connectivity index (χ2n) is 6.99. The zero-order chi connectivity index (χ0) is 20.1. The molecule has 29 heavy (non-hydrogen) atoms. The van der Waals surface area contributed by atoms with Crippen molar-refractivity contribution < 1.29 is 9.53 Å². The Labute approximate surface area is 170 Å². The first-order chi connectivity index (χ1) is 14.2. The highest BCUT2D eigenvalue weighted by atomic mass is 16.5. The summed E-state index contributed by atoms with van der Waals surface area (Å²) in [5, 5.41) is 11.1. The van der Waals surface area contributed by atoms with Crippen LogP contribution < -0.4 is 15.0 Å². The fourth-order valence-electron chi connectivity index (χ4n) is 3.53. The molecule has 7 heteroatoms. The number of piperidine rings is 1. The van der Waals surface area contributed by atoms with Crippen LogP contribution in [0.3, 0.4) is 0 Å². The lowest BCUT2D eigenvalue weighted by molar-refractivity contribution is 0.102. The van der Waals surface area contributed by atoms with E-state index in [0.717, 1.165) is 35.9 Å². The molecule has 0 saturated carbocycles. The molecule has 1 aromatic heterocycles. The molecule has 2 aromatic carbocycles. The van der Waals surface area contributed by atoms with Crippen LogP contribution in [0.25, 0.3) is 5.69 Å². The van der Waals surface area contributed by atoms with Gasteiger partial charge >= 0.3 is 0 Å². The third-order valence-electron chi connectivity index (χ3n) is 4.99. The summed E-state index contributed by atoms with van der Waals surface area (Å²) < 4.78 is 7.04. The fraction of sp³-hybridized carbons (Fsp3) is 0.318. The Balaban J connectivity index is 1.49. The van der Waals surface area contributed by atoms with E-state index in [0.29, 0.717) is 6.61 Å². The van der Waals surface area contributed by atoms with Crippen LogP contribution in [0, 0.1) is 0 Å². The summed E-state index contributed by atoms with van der Waals surface area (Å²) in [6.07, 6.45) is 5.26. The van der Waals surface area contributed by atoms with E-state index < -0.39 is 0 Å². The number of carbonyl (C=O) groups is 1. The zero-order valence-corrected chi connectivity index (χ0v) is 16.5. The number of benzene rings is 2. The summed E-state index contributed by atoms with van der Waals surface area (Å²) >= 11 is 0. The summed E-state index contributed by atoms with van der Waals surface area (Å²) in [4.78, 5) is 15.1. The highest BCUT2D eigenvalue weighted by molar-refractivity contribution is 6.04. The van der Waals surface area contributed by atoms with Crippen LogP contribution in [0.4, 0.5) is 11.4 Å². The van der Waals surface area contributed by atoms with E-state index in [2.05, 4.69) is 26.6 Å². The number of hydrogen-bond acceptors (Lipinski definition) is 5. The van der Waals surface area contributed by atoms with Gasteiger partial charge in [-0.25, -0.2) is 4.68 Å². The van der Waals surface area contributed by atoms with Crippen LogP contribution in [0.15, 0.2) is 54.7 Å². The normalized spacial score (nSPS) is 13.9. The summed E-state index contributed by atoms with van der Waals surface area (Å²) in [6, 6.07) is 15.4. The zero-order valence-electron chi connectivity index (χ0n) is 16.5. The van der Waals surface area contributed by atoms with Crippen LogP contribution in [0.1, 0.15) is 36.7 Å². The van der Waals surface area contributed by atoms with Crippen molar-refractivity contribution in [1.82, 2.24) is 15.0 Å². The Hall–Kier alpha value is -3.35. The van der Waals surface area contributed by atoms with Gasteiger partial charge in [0.05, 0.1) is 29.9 Å². The smallest absolute Gasteiger partial charge is 0.277 e. The first-order valence-electron chi connectivity index (χ1n) is 10.1. The summed E-state index contributed by atoms with van der Waals surface area (Å²) in [5.41, 5.74) is 2.94. The van der Waals surface area contributed by atoms with E-state index in [1.54, 1.807) is 10.9 Å². The molecule has 0 atom stereocenters. The summed E-state index contributed by atoms with van der Waals surface area (Å²) in [7, 11) is 0. The van der Waals surface area contributed by atoms with Crippen molar-refractivity contribution in [3.63, 3.8) is 0 Å². The van der Waals surface area contributed by atoms with Crippen LogP contribution in [0.2, 0.25) is 0 Å². The first kappa shape index (κ1) is 19.0. The highest BCUT2D eigenvalue weighted by Gasteiger charge is 2.17. The summed E-state index contributed by atoms with van der Waals surface area (Å²) in [5.74, 6) is 0.523. The molecule has 1 fully saturated rings. The largest absolute Gasteiger partial charge is 0.494 e. The maximum Gasteiger partial charge on any atom is 0.277 e. The van der Waals surface area contributed by atoms with Crippen LogP contribution >= 0.6 is 0 Å². The van der Waals surface area contributed by atoms with Crippen LogP contribution in [0.5, 0.6) is 5.75 Å². The number of ether oxygens (including phenoxy) is 1. The molecule has 0 spiro atoms. The van der Waals surface area contributed by atoms with Gasteiger partial charge in [-0.3, -0.25) is 4.79 Å². The van der Waals surface area contributed by atoms with Crippen molar-refractivity contribution in [3.05, 3.63) is 60.4 Å². The standard InChI is InChI=1S/C22H25N5O2/c1-2-29-18-12-10-17(11-13-18)27-16-20(24-25-27)22(28)23-19-8-4-5-9-21(19)26-14-6-3-7-15-26/h4-5,8-13,16H,2-3,6-7,14-15H2,1H3,(H,23,28). The number of amides is 1. The monoisotopic (exact) mass is 391 g/mol. The van der Waals surface area contributed by atoms with Gasteiger partial charge in [0.2, 0.25) is 0 Å². The van der Waals surface area contributed by atoms with Crippen molar-refractivity contribution in [3.8, 4) is 11.4 Å². The molecule has 0 radical (unpaired) electrons. The molecule has 150 valence electrons. The third kappa shape index (κ3) is 4.39. The lowest BCUT2D eigenvalue weighted by atomic mass is 10.1. The lowest BCUT2D eigenvalue weighted by Gasteiger charge is -2.30. The van der Waals surface area contributed by atoms with Gasteiger partial charge < -0.3 is 15.0 Å². The van der Waals surface area contributed by atoms with Gasteiger partial charge in [-0.1, -0.05) is 17.3 Å². The maximum atomic E-state index is 12.8. The highest BCUT2D eigenvalue weighted by Crippen LogP contribution is 2.28. The molecule has 0 bridgehead atoms. The number of nitrogens with one attached hydrogen (secondary N) is 1. The number of para-hydroxylation sites is 2. The minimum absolute atomic E-state index is 0.271. The molecule has 2 heterocycles. The molecule has 1 N–H and O–H groups in total. The molecule has 1 aliphatic heterocycles. The maximum absolute atomic E-state index is 12.8. The van der Waals surface area contributed by atoms with E-state index >= 15 is 0 Å². The van der Waals surface area contributed by atoms with Crippen molar-refractivity contribution in [2.45, 2.75) is 26.2 Å². The van der Waals surface area contributed by atoms with Crippen LogP contribution in [-0.2, 0) is 0 Å². The van der Waals surface area contributed by atoms with Crippen molar-refractivity contribution >= 4 is 17.3 Å². The lowest BCUT2D eigenvalue weighted by Crippen LogP contribution is -2.30. The van der Waals surface area contributed by atoms with Crippen LogP contribution in [-0.4, -0.2) is 40.6 Å². The van der Waals surface area contributed by atoms with E-state index in [4.69, 9.17) is 4.74 Å². The molecular weight excluding hydrogens is 366 g/mol. The second kappa shape index (κ2) is 8.77. The Morgan fingerprint density at radius 2 is 1.83 bits per heavy atom. The van der Waals surface area contributed by atoms with E-state index in [1.165, 1.54) is 19.3 Å². The molecule has 4 rings (SSSR count). The number of aromatic nitrogens is 3. The first-order valence-corrected chi connectivity index (χ1v) is 10.1. The van der Waals surface area contributed by atoms with Gasteiger partial charge in [0.1, 0.15) is 5.75 Å². The van der Waals surface area contributed by atoms with Gasteiger partial charge in [0, 0.05) is 13.1 Å². The predicted octanol–water partition coefficient (Wildman–Crippen LogP) is 3.91. The Morgan fingerprint density at radius 1 is 1.07 bits per heavy atom. The Kier molecular flexibility index (Phi) is 5.74. The minimum atomic E-state index is -0.272. The SMILES string of the molecule is CCOc1ccc(-n2cc(C(=O)Nc3ccccc3N3CCCCC3)nn2)cc1.